The first-order valence-corrected chi connectivity index (χ1v) is 12.5. The van der Waals surface area contributed by atoms with E-state index < -0.39 is 0 Å². The first-order chi connectivity index (χ1) is 13.7. The van der Waals surface area contributed by atoms with E-state index >= 15 is 0 Å². The Morgan fingerprint density at radius 1 is 0.536 bits per heavy atom. The minimum absolute atomic E-state index is 0.170. The molecule has 1 aliphatic heterocycles. The second-order valence-electron chi connectivity index (χ2n) is 9.02. The molecule has 0 spiro atoms. The van der Waals surface area contributed by atoms with Gasteiger partial charge in [-0.2, -0.15) is 0 Å². The van der Waals surface area contributed by atoms with Gasteiger partial charge in [0.15, 0.2) is 0 Å². The highest BCUT2D eigenvalue weighted by Crippen LogP contribution is 2.12. The molecule has 1 heterocycles. The largest absolute Gasteiger partial charge is 0.392 e. The van der Waals surface area contributed by atoms with Gasteiger partial charge in [-0.15, -0.1) is 0 Å². The molecule has 4 nitrogen and oxygen atoms in total. The molecule has 1 aliphatic rings. The van der Waals surface area contributed by atoms with Crippen molar-refractivity contribution in [2.24, 2.45) is 0 Å². The lowest BCUT2D eigenvalue weighted by Gasteiger charge is -2.36. The van der Waals surface area contributed by atoms with E-state index in [0.29, 0.717) is 0 Å². The average molecular weight is 399 g/mol. The minimum Gasteiger partial charge on any atom is -0.392 e. The zero-order valence-electron chi connectivity index (χ0n) is 19.1. The molecule has 2 N–H and O–H groups in total. The Bertz CT molecular complexity index is 301. The summed E-state index contributed by atoms with van der Waals surface area (Å²) in [6.45, 7) is 10.2. The van der Waals surface area contributed by atoms with Crippen molar-refractivity contribution in [2.75, 3.05) is 39.3 Å². The van der Waals surface area contributed by atoms with Gasteiger partial charge in [-0.05, 0) is 12.8 Å². The van der Waals surface area contributed by atoms with E-state index in [1.165, 1.54) is 64.2 Å². The number of rotatable bonds is 18. The van der Waals surface area contributed by atoms with Crippen molar-refractivity contribution in [1.82, 2.24) is 9.80 Å². The zero-order chi connectivity index (χ0) is 20.5. The van der Waals surface area contributed by atoms with Crippen LogP contribution in [0.4, 0.5) is 0 Å². The SMILES string of the molecule is CCCCCCCCC(O)CN1CCN(CC(O)CCCCCCCC)CC1. The first kappa shape index (κ1) is 25.9. The molecular formula is C24H50N2O2. The minimum atomic E-state index is -0.170. The van der Waals surface area contributed by atoms with Gasteiger partial charge >= 0.3 is 0 Å². The number of nitrogens with zero attached hydrogens (tertiary/aromatic N) is 2. The predicted octanol–water partition coefficient (Wildman–Crippen LogP) is 4.83. The molecule has 0 amide bonds. The number of hydrogen-bond acceptors (Lipinski definition) is 4. The second-order valence-corrected chi connectivity index (χ2v) is 9.02. The van der Waals surface area contributed by atoms with E-state index in [1.54, 1.807) is 0 Å². The molecular weight excluding hydrogens is 348 g/mol. The fraction of sp³-hybridized carbons (Fsp3) is 1.00. The number of aliphatic hydroxyl groups is 2. The molecule has 0 bridgehead atoms. The second kappa shape index (κ2) is 17.7. The maximum absolute atomic E-state index is 10.3. The van der Waals surface area contributed by atoms with Gasteiger partial charge in [0, 0.05) is 39.3 Å². The van der Waals surface area contributed by atoms with E-state index in [-0.39, 0.29) is 12.2 Å². The Hall–Kier alpha value is -0.160. The summed E-state index contributed by atoms with van der Waals surface area (Å²) in [6, 6.07) is 0. The molecule has 0 saturated carbocycles. The van der Waals surface area contributed by atoms with Crippen LogP contribution < -0.4 is 0 Å². The summed E-state index contributed by atoms with van der Waals surface area (Å²) in [4.78, 5) is 4.80. The summed E-state index contributed by atoms with van der Waals surface area (Å²) in [5, 5.41) is 20.6. The fourth-order valence-electron chi connectivity index (χ4n) is 4.25. The van der Waals surface area contributed by atoms with Gasteiger partial charge in [0.2, 0.25) is 0 Å². The highest BCUT2D eigenvalue weighted by atomic mass is 16.3. The third-order valence-corrected chi connectivity index (χ3v) is 6.18. The van der Waals surface area contributed by atoms with Gasteiger partial charge in [0.05, 0.1) is 12.2 Å². The summed E-state index contributed by atoms with van der Waals surface area (Å²) in [5.41, 5.74) is 0. The number of aliphatic hydroxyl groups excluding tert-OH is 2. The van der Waals surface area contributed by atoms with Gasteiger partial charge in [-0.1, -0.05) is 90.9 Å². The maximum atomic E-state index is 10.3. The Balaban J connectivity index is 2.00. The van der Waals surface area contributed by atoms with Crippen molar-refractivity contribution in [2.45, 2.75) is 116 Å². The third kappa shape index (κ3) is 13.9. The normalized spacial score (nSPS) is 18.4. The molecule has 1 rings (SSSR count). The Labute approximate surface area is 175 Å². The number of unbranched alkanes of at least 4 members (excludes halogenated alkanes) is 10. The molecule has 2 unspecified atom stereocenters. The predicted molar refractivity (Wildman–Crippen MR) is 121 cm³/mol. The number of piperazine rings is 1. The van der Waals surface area contributed by atoms with Gasteiger partial charge in [-0.25, -0.2) is 0 Å². The fourth-order valence-corrected chi connectivity index (χ4v) is 4.25. The lowest BCUT2D eigenvalue weighted by molar-refractivity contribution is 0.0434. The van der Waals surface area contributed by atoms with Gasteiger partial charge in [0.25, 0.3) is 0 Å². The van der Waals surface area contributed by atoms with Crippen LogP contribution in [-0.4, -0.2) is 71.5 Å². The van der Waals surface area contributed by atoms with Crippen LogP contribution in [-0.2, 0) is 0 Å². The Kier molecular flexibility index (Phi) is 16.3. The molecule has 0 aromatic carbocycles. The molecule has 28 heavy (non-hydrogen) atoms. The lowest BCUT2D eigenvalue weighted by atomic mass is 10.1. The standard InChI is InChI=1S/C24H50N2O2/c1-3-5-7-9-11-13-15-23(27)21-25-17-19-26(20-18-25)22-24(28)16-14-12-10-8-6-4-2/h23-24,27-28H,3-22H2,1-2H3. The quantitative estimate of drug-likeness (QED) is 0.325. The Morgan fingerprint density at radius 2 is 0.857 bits per heavy atom. The summed E-state index contributed by atoms with van der Waals surface area (Å²) in [6.07, 6.45) is 17.0. The van der Waals surface area contributed by atoms with Crippen molar-refractivity contribution >= 4 is 0 Å². The van der Waals surface area contributed by atoms with Crippen LogP contribution in [0.5, 0.6) is 0 Å². The molecule has 4 heteroatoms. The monoisotopic (exact) mass is 398 g/mol. The molecule has 168 valence electrons. The number of hydrogen-bond donors (Lipinski definition) is 2. The highest BCUT2D eigenvalue weighted by Gasteiger charge is 2.20. The van der Waals surface area contributed by atoms with E-state index in [9.17, 15) is 10.2 Å². The third-order valence-electron chi connectivity index (χ3n) is 6.18. The van der Waals surface area contributed by atoms with Gasteiger partial charge < -0.3 is 10.2 Å². The molecule has 0 aromatic rings. The summed E-state index contributed by atoms with van der Waals surface area (Å²) in [5.74, 6) is 0. The van der Waals surface area contributed by atoms with E-state index in [2.05, 4.69) is 23.6 Å². The van der Waals surface area contributed by atoms with Gasteiger partial charge in [0.1, 0.15) is 0 Å². The molecule has 0 aliphatic carbocycles. The Morgan fingerprint density at radius 3 is 1.21 bits per heavy atom. The van der Waals surface area contributed by atoms with Gasteiger partial charge in [-0.3, -0.25) is 9.80 Å². The average Bonchev–Trinajstić information content (AvgIpc) is 2.69. The van der Waals surface area contributed by atoms with Crippen LogP contribution >= 0.6 is 0 Å². The molecule has 1 saturated heterocycles. The highest BCUT2D eigenvalue weighted by molar-refractivity contribution is 4.76. The van der Waals surface area contributed by atoms with Crippen molar-refractivity contribution in [1.29, 1.82) is 0 Å². The first-order valence-electron chi connectivity index (χ1n) is 12.5. The van der Waals surface area contributed by atoms with E-state index in [1.807, 2.05) is 0 Å². The summed E-state index contributed by atoms with van der Waals surface area (Å²) < 4.78 is 0. The van der Waals surface area contributed by atoms with Crippen LogP contribution in [0.2, 0.25) is 0 Å². The lowest BCUT2D eigenvalue weighted by Crippen LogP contribution is -2.50. The molecule has 0 aromatic heterocycles. The van der Waals surface area contributed by atoms with Crippen LogP contribution in [0.1, 0.15) is 104 Å². The van der Waals surface area contributed by atoms with E-state index in [0.717, 1.165) is 65.0 Å². The van der Waals surface area contributed by atoms with Crippen molar-refractivity contribution in [3.63, 3.8) is 0 Å². The maximum Gasteiger partial charge on any atom is 0.0667 e. The van der Waals surface area contributed by atoms with Crippen molar-refractivity contribution in [3.05, 3.63) is 0 Å². The topological polar surface area (TPSA) is 46.9 Å². The van der Waals surface area contributed by atoms with Crippen LogP contribution in [0.15, 0.2) is 0 Å². The zero-order valence-corrected chi connectivity index (χ0v) is 19.1. The molecule has 2 atom stereocenters. The number of β-amino-alcohol motifs (C(OH)–C–C–N with tert-alkyl or cyclic N) is 2. The summed E-state index contributed by atoms with van der Waals surface area (Å²) >= 11 is 0. The van der Waals surface area contributed by atoms with Crippen molar-refractivity contribution < 1.29 is 10.2 Å². The van der Waals surface area contributed by atoms with Crippen LogP contribution in [0.25, 0.3) is 0 Å². The van der Waals surface area contributed by atoms with Crippen molar-refractivity contribution in [3.8, 4) is 0 Å². The van der Waals surface area contributed by atoms with Crippen LogP contribution in [0.3, 0.4) is 0 Å². The molecule has 0 radical (unpaired) electrons. The molecule has 1 fully saturated rings. The smallest absolute Gasteiger partial charge is 0.0667 e. The summed E-state index contributed by atoms with van der Waals surface area (Å²) in [7, 11) is 0. The van der Waals surface area contributed by atoms with Crippen LogP contribution in [0, 0.1) is 0 Å². The van der Waals surface area contributed by atoms with E-state index in [4.69, 9.17) is 0 Å².